The van der Waals surface area contributed by atoms with E-state index in [2.05, 4.69) is 31.5 Å². The molecule has 202 valence electrons. The number of hydrogen-bond donors (Lipinski definition) is 3. The lowest BCUT2D eigenvalue weighted by Gasteiger charge is -2.37. The number of nitrogens with one attached hydrogen (secondary N) is 2. The first-order chi connectivity index (χ1) is 18.3. The Hall–Kier alpha value is -3.04. The second-order valence-corrected chi connectivity index (χ2v) is 10.3. The monoisotopic (exact) mass is 557 g/mol. The van der Waals surface area contributed by atoms with E-state index in [-0.39, 0.29) is 18.6 Å². The number of pyridine rings is 1. The van der Waals surface area contributed by atoms with Crippen LogP contribution in [-0.2, 0) is 0 Å². The molecule has 1 fully saturated rings. The van der Waals surface area contributed by atoms with E-state index in [1.165, 1.54) is 0 Å². The molecule has 2 heterocycles. The van der Waals surface area contributed by atoms with Crippen molar-refractivity contribution in [1.82, 2.24) is 15.2 Å². The Morgan fingerprint density at radius 3 is 2.55 bits per heavy atom. The molecule has 10 heteroatoms. The molecule has 1 aliphatic rings. The molecule has 0 bridgehead atoms. The van der Waals surface area contributed by atoms with E-state index in [0.29, 0.717) is 33.7 Å². The average Bonchev–Trinajstić information content (AvgIpc) is 2.90. The van der Waals surface area contributed by atoms with Gasteiger partial charge in [0.2, 0.25) is 0 Å². The normalized spacial score (nSPS) is 14.8. The molecule has 38 heavy (non-hydrogen) atoms. The number of nitrogens with zero attached hydrogens (tertiary/aromatic N) is 3. The number of carbonyl (C=O) groups is 1. The first kappa shape index (κ1) is 28.0. The van der Waals surface area contributed by atoms with Crippen LogP contribution in [0, 0.1) is 0 Å². The average molecular weight is 559 g/mol. The lowest BCUT2D eigenvalue weighted by molar-refractivity contribution is 0.0852. The van der Waals surface area contributed by atoms with Crippen molar-refractivity contribution in [3.05, 3.63) is 76.4 Å². The number of aromatic nitrogens is 1. The van der Waals surface area contributed by atoms with Crippen LogP contribution in [-0.4, -0.2) is 72.4 Å². The Labute approximate surface area is 233 Å². The molecular formula is C28H33Cl2N5O3. The van der Waals surface area contributed by atoms with Gasteiger partial charge in [0.05, 0.1) is 33.5 Å². The van der Waals surface area contributed by atoms with E-state index in [1.54, 1.807) is 36.5 Å². The molecule has 4 rings (SSSR count). The Bertz CT molecular complexity index is 1230. The van der Waals surface area contributed by atoms with Gasteiger partial charge < -0.3 is 25.4 Å². The van der Waals surface area contributed by atoms with Crippen LogP contribution in [0.2, 0.25) is 10.0 Å². The number of aliphatic hydroxyl groups is 1. The lowest BCUT2D eigenvalue weighted by atomic mass is 10.2. The summed E-state index contributed by atoms with van der Waals surface area (Å²) >= 11 is 12.1. The van der Waals surface area contributed by atoms with Gasteiger partial charge in [-0.2, -0.15) is 0 Å². The van der Waals surface area contributed by atoms with Crippen molar-refractivity contribution in [1.29, 1.82) is 0 Å². The largest absolute Gasteiger partial charge is 0.489 e. The van der Waals surface area contributed by atoms with Gasteiger partial charge in [-0.15, -0.1) is 0 Å². The highest BCUT2D eigenvalue weighted by Gasteiger charge is 2.22. The number of aliphatic hydroxyl groups excluding tert-OH is 1. The summed E-state index contributed by atoms with van der Waals surface area (Å²) in [5.74, 6) is 0.948. The van der Waals surface area contributed by atoms with Crippen molar-refractivity contribution >= 4 is 46.3 Å². The molecule has 8 nitrogen and oxygen atoms in total. The third kappa shape index (κ3) is 7.51. The molecule has 1 atom stereocenters. The fraction of sp³-hybridized carbons (Fsp3) is 0.357. The molecule has 0 spiro atoms. The minimum absolute atomic E-state index is 0.109. The number of halogens is 2. The van der Waals surface area contributed by atoms with Crippen molar-refractivity contribution in [2.24, 2.45) is 0 Å². The van der Waals surface area contributed by atoms with Crippen LogP contribution in [0.15, 0.2) is 60.8 Å². The number of hydrogen-bond acceptors (Lipinski definition) is 7. The van der Waals surface area contributed by atoms with E-state index in [0.717, 1.165) is 37.6 Å². The van der Waals surface area contributed by atoms with Crippen LogP contribution in [0.25, 0.3) is 0 Å². The van der Waals surface area contributed by atoms with Gasteiger partial charge in [0.25, 0.3) is 5.91 Å². The molecule has 1 amide bonds. The molecule has 1 saturated heterocycles. The van der Waals surface area contributed by atoms with E-state index < -0.39 is 6.10 Å². The first-order valence-electron chi connectivity index (χ1n) is 12.7. The van der Waals surface area contributed by atoms with E-state index in [1.807, 2.05) is 32.0 Å². The SMILES string of the molecule is CC(C)Oc1ccccc1N1CCN(CC(O)CNC(=O)c2cccnc2Nc2ccc(Cl)c(Cl)c2)CC1. The number of rotatable bonds is 10. The Morgan fingerprint density at radius 2 is 1.82 bits per heavy atom. The number of benzene rings is 2. The Morgan fingerprint density at radius 1 is 1.05 bits per heavy atom. The minimum atomic E-state index is -0.704. The molecule has 0 aliphatic carbocycles. The fourth-order valence-electron chi connectivity index (χ4n) is 4.31. The van der Waals surface area contributed by atoms with Crippen molar-refractivity contribution in [3.8, 4) is 5.75 Å². The molecular weight excluding hydrogens is 525 g/mol. The van der Waals surface area contributed by atoms with E-state index >= 15 is 0 Å². The van der Waals surface area contributed by atoms with Crippen LogP contribution in [0.4, 0.5) is 17.2 Å². The quantitative estimate of drug-likeness (QED) is 0.329. The highest BCUT2D eigenvalue weighted by molar-refractivity contribution is 6.42. The number of β-amino-alcohol motifs (C(OH)–C–C–N with tert-alkyl or cyclic N) is 1. The second-order valence-electron chi connectivity index (χ2n) is 9.44. The topological polar surface area (TPSA) is 90.0 Å². The second kappa shape index (κ2) is 13.2. The summed E-state index contributed by atoms with van der Waals surface area (Å²) in [5.41, 5.74) is 2.11. The molecule has 1 aliphatic heterocycles. The smallest absolute Gasteiger partial charge is 0.255 e. The van der Waals surface area contributed by atoms with Gasteiger partial charge in [-0.25, -0.2) is 4.98 Å². The summed E-state index contributed by atoms with van der Waals surface area (Å²) < 4.78 is 5.98. The summed E-state index contributed by atoms with van der Waals surface area (Å²) in [6.45, 7) is 7.92. The Balaban J connectivity index is 1.27. The van der Waals surface area contributed by atoms with Crippen LogP contribution in [0.3, 0.4) is 0 Å². The van der Waals surface area contributed by atoms with E-state index in [9.17, 15) is 9.90 Å². The van der Waals surface area contributed by atoms with Gasteiger partial charge in [-0.05, 0) is 56.3 Å². The highest BCUT2D eigenvalue weighted by atomic mass is 35.5. The third-order valence-corrected chi connectivity index (χ3v) is 6.88. The predicted molar refractivity (Wildman–Crippen MR) is 153 cm³/mol. The zero-order chi connectivity index (χ0) is 27.1. The molecule has 2 aromatic carbocycles. The van der Waals surface area contributed by atoms with Crippen molar-refractivity contribution in [3.63, 3.8) is 0 Å². The molecule has 0 saturated carbocycles. The summed E-state index contributed by atoms with van der Waals surface area (Å²) in [7, 11) is 0. The van der Waals surface area contributed by atoms with E-state index in [4.69, 9.17) is 27.9 Å². The maximum absolute atomic E-state index is 12.9. The van der Waals surface area contributed by atoms with Gasteiger partial charge in [0.1, 0.15) is 11.6 Å². The molecule has 3 N–H and O–H groups in total. The zero-order valence-corrected chi connectivity index (χ0v) is 23.0. The van der Waals surface area contributed by atoms with Gasteiger partial charge in [-0.1, -0.05) is 35.3 Å². The molecule has 1 aromatic heterocycles. The van der Waals surface area contributed by atoms with Gasteiger partial charge in [-0.3, -0.25) is 9.69 Å². The third-order valence-electron chi connectivity index (χ3n) is 6.14. The number of ether oxygens (including phenoxy) is 1. The standard InChI is InChI=1S/C28H33Cl2N5O3/c1-19(2)38-26-8-4-3-7-25(26)35-14-12-34(13-15-35)18-21(36)17-32-28(37)22-6-5-11-31-27(22)33-20-9-10-23(29)24(30)16-20/h3-11,16,19,21,36H,12-15,17-18H2,1-2H3,(H,31,33)(H,32,37). The molecule has 1 unspecified atom stereocenters. The maximum atomic E-state index is 12.9. The fourth-order valence-corrected chi connectivity index (χ4v) is 4.61. The van der Waals surface area contributed by atoms with Crippen LogP contribution in [0.5, 0.6) is 5.75 Å². The van der Waals surface area contributed by atoms with Crippen LogP contribution in [0.1, 0.15) is 24.2 Å². The number of piperazine rings is 1. The zero-order valence-electron chi connectivity index (χ0n) is 21.5. The lowest BCUT2D eigenvalue weighted by Crippen LogP contribution is -2.50. The maximum Gasteiger partial charge on any atom is 0.255 e. The number of anilines is 3. The summed E-state index contributed by atoms with van der Waals surface area (Å²) in [6.07, 6.45) is 1.00. The number of para-hydroxylation sites is 2. The van der Waals surface area contributed by atoms with Gasteiger partial charge >= 0.3 is 0 Å². The summed E-state index contributed by atoms with van der Waals surface area (Å²) in [5, 5.41) is 17.4. The number of amides is 1. The van der Waals surface area contributed by atoms with Crippen molar-refractivity contribution < 1.29 is 14.6 Å². The van der Waals surface area contributed by atoms with Gasteiger partial charge in [0.15, 0.2) is 0 Å². The summed E-state index contributed by atoms with van der Waals surface area (Å²) in [6, 6.07) is 16.6. The minimum Gasteiger partial charge on any atom is -0.489 e. The number of carbonyl (C=O) groups excluding carboxylic acids is 1. The highest BCUT2D eigenvalue weighted by Crippen LogP contribution is 2.30. The predicted octanol–water partition coefficient (Wildman–Crippen LogP) is 4.83. The van der Waals surface area contributed by atoms with Crippen molar-refractivity contribution in [2.45, 2.75) is 26.1 Å². The van der Waals surface area contributed by atoms with Crippen molar-refractivity contribution in [2.75, 3.05) is 49.5 Å². The first-order valence-corrected chi connectivity index (χ1v) is 13.4. The Kier molecular flexibility index (Phi) is 9.69. The van der Waals surface area contributed by atoms with Gasteiger partial charge in [0, 0.05) is 51.2 Å². The molecule has 3 aromatic rings. The molecule has 0 radical (unpaired) electrons. The van der Waals surface area contributed by atoms with Crippen LogP contribution >= 0.6 is 23.2 Å². The summed E-state index contributed by atoms with van der Waals surface area (Å²) in [4.78, 5) is 21.7. The van der Waals surface area contributed by atoms with Crippen LogP contribution < -0.4 is 20.3 Å².